The van der Waals surface area contributed by atoms with E-state index in [4.69, 9.17) is 0 Å². The second-order valence-electron chi connectivity index (χ2n) is 2.38. The number of hydrogen-bond acceptors (Lipinski definition) is 0. The third-order valence-electron chi connectivity index (χ3n) is 1.76. The van der Waals surface area contributed by atoms with Gasteiger partial charge in [-0.2, -0.15) is 0 Å². The van der Waals surface area contributed by atoms with Crippen LogP contribution in [0.5, 0.6) is 0 Å². The predicted octanol–water partition coefficient (Wildman–Crippen LogP) is 2.70. The first-order chi connectivity index (χ1) is 4.75. The highest BCUT2D eigenvalue weighted by Crippen LogP contribution is 2.11. The molecule has 0 aliphatic rings. The van der Waals surface area contributed by atoms with Gasteiger partial charge in [0.2, 0.25) is 0 Å². The Morgan fingerprint density at radius 2 is 2.10 bits per heavy atom. The first-order valence-electron chi connectivity index (χ1n) is 3.49. The summed E-state index contributed by atoms with van der Waals surface area (Å²) in [5.41, 5.74) is 1.88. The lowest BCUT2D eigenvalue weighted by Crippen LogP contribution is -1.89. The maximum Gasteiger partial charge on any atom is 0.126 e. The SMILES string of the molecule is CCc1cccc(F)c1C. The smallest absolute Gasteiger partial charge is 0.126 e. The Labute approximate surface area is 60.7 Å². The summed E-state index contributed by atoms with van der Waals surface area (Å²) in [5, 5.41) is 0. The molecule has 0 aliphatic carbocycles. The molecule has 0 aromatic heterocycles. The molecule has 1 aromatic rings. The van der Waals surface area contributed by atoms with E-state index >= 15 is 0 Å². The Balaban J connectivity index is 3.14. The fourth-order valence-electron chi connectivity index (χ4n) is 1.04. The first kappa shape index (κ1) is 7.26. The fourth-order valence-corrected chi connectivity index (χ4v) is 1.04. The van der Waals surface area contributed by atoms with Gasteiger partial charge in [-0.15, -0.1) is 0 Å². The van der Waals surface area contributed by atoms with Gasteiger partial charge >= 0.3 is 0 Å². The van der Waals surface area contributed by atoms with E-state index < -0.39 is 0 Å². The number of halogens is 1. The number of rotatable bonds is 1. The molecule has 0 heterocycles. The monoisotopic (exact) mass is 138 g/mol. The van der Waals surface area contributed by atoms with Gasteiger partial charge in [0.25, 0.3) is 0 Å². The molecular weight excluding hydrogens is 127 g/mol. The summed E-state index contributed by atoms with van der Waals surface area (Å²) in [6.07, 6.45) is 0.906. The highest BCUT2D eigenvalue weighted by atomic mass is 19.1. The van der Waals surface area contributed by atoms with Gasteiger partial charge < -0.3 is 0 Å². The maximum absolute atomic E-state index is 12.8. The topological polar surface area (TPSA) is 0 Å². The van der Waals surface area contributed by atoms with Crippen LogP contribution in [0.25, 0.3) is 0 Å². The van der Waals surface area contributed by atoms with E-state index in [9.17, 15) is 4.39 Å². The molecule has 0 unspecified atom stereocenters. The summed E-state index contributed by atoms with van der Waals surface area (Å²) in [7, 11) is 0. The third-order valence-corrected chi connectivity index (χ3v) is 1.76. The molecule has 0 bridgehead atoms. The lowest BCUT2D eigenvalue weighted by Gasteiger charge is -2.01. The first-order valence-corrected chi connectivity index (χ1v) is 3.49. The van der Waals surface area contributed by atoms with Crippen LogP contribution in [0.4, 0.5) is 4.39 Å². The van der Waals surface area contributed by atoms with E-state index in [0.29, 0.717) is 0 Å². The molecule has 0 radical (unpaired) electrons. The minimum absolute atomic E-state index is 0.0978. The number of aryl methyl sites for hydroxylation is 1. The van der Waals surface area contributed by atoms with Crippen molar-refractivity contribution in [3.63, 3.8) is 0 Å². The van der Waals surface area contributed by atoms with Gasteiger partial charge in [0.1, 0.15) is 5.82 Å². The summed E-state index contributed by atoms with van der Waals surface area (Å²) < 4.78 is 12.8. The lowest BCUT2D eigenvalue weighted by molar-refractivity contribution is 0.615. The van der Waals surface area contributed by atoms with E-state index in [1.54, 1.807) is 6.07 Å². The Morgan fingerprint density at radius 1 is 1.40 bits per heavy atom. The van der Waals surface area contributed by atoms with Crippen molar-refractivity contribution >= 4 is 0 Å². The van der Waals surface area contributed by atoms with Crippen LogP contribution >= 0.6 is 0 Å². The van der Waals surface area contributed by atoms with Crippen molar-refractivity contribution < 1.29 is 4.39 Å². The van der Waals surface area contributed by atoms with E-state index in [1.165, 1.54) is 6.07 Å². The molecule has 0 fully saturated rings. The molecular formula is C9H11F. The van der Waals surface area contributed by atoms with Crippen LogP contribution in [0.1, 0.15) is 18.1 Å². The van der Waals surface area contributed by atoms with Crippen LogP contribution < -0.4 is 0 Å². The number of hydrogen-bond donors (Lipinski definition) is 0. The molecule has 0 spiro atoms. The van der Waals surface area contributed by atoms with E-state index in [0.717, 1.165) is 17.5 Å². The average molecular weight is 138 g/mol. The maximum atomic E-state index is 12.8. The minimum Gasteiger partial charge on any atom is -0.207 e. The van der Waals surface area contributed by atoms with Gasteiger partial charge in [-0.3, -0.25) is 0 Å². The molecule has 0 saturated heterocycles. The molecule has 54 valence electrons. The second kappa shape index (κ2) is 2.82. The molecule has 1 heteroatoms. The molecule has 0 aliphatic heterocycles. The predicted molar refractivity (Wildman–Crippen MR) is 40.5 cm³/mol. The van der Waals surface area contributed by atoms with Crippen molar-refractivity contribution in [1.29, 1.82) is 0 Å². The molecule has 0 saturated carbocycles. The largest absolute Gasteiger partial charge is 0.207 e. The normalized spacial score (nSPS) is 9.90. The zero-order valence-corrected chi connectivity index (χ0v) is 6.32. The van der Waals surface area contributed by atoms with Crippen molar-refractivity contribution in [2.45, 2.75) is 20.3 Å². The molecule has 1 aromatic carbocycles. The van der Waals surface area contributed by atoms with Crippen molar-refractivity contribution in [3.05, 3.63) is 35.1 Å². The van der Waals surface area contributed by atoms with Gasteiger partial charge in [0.05, 0.1) is 0 Å². The standard InChI is InChI=1S/C9H11F/c1-3-8-5-4-6-9(10)7(8)2/h4-6H,3H2,1-2H3. The van der Waals surface area contributed by atoms with E-state index in [1.807, 2.05) is 19.9 Å². The molecule has 1 rings (SSSR count). The Bertz CT molecular complexity index is 228. The Hall–Kier alpha value is -0.850. The summed E-state index contributed by atoms with van der Waals surface area (Å²) in [5.74, 6) is -0.0978. The average Bonchev–Trinajstić information content (AvgIpc) is 1.95. The van der Waals surface area contributed by atoms with Crippen LogP contribution in [-0.4, -0.2) is 0 Å². The summed E-state index contributed by atoms with van der Waals surface area (Å²) in [6.45, 7) is 3.84. The van der Waals surface area contributed by atoms with Crippen LogP contribution in [0.15, 0.2) is 18.2 Å². The molecule has 0 nitrogen and oxygen atoms in total. The van der Waals surface area contributed by atoms with Crippen LogP contribution in [0, 0.1) is 12.7 Å². The summed E-state index contributed by atoms with van der Waals surface area (Å²) in [4.78, 5) is 0. The second-order valence-corrected chi connectivity index (χ2v) is 2.38. The molecule has 0 atom stereocenters. The summed E-state index contributed by atoms with van der Waals surface area (Å²) >= 11 is 0. The van der Waals surface area contributed by atoms with Crippen LogP contribution in [0.2, 0.25) is 0 Å². The zero-order chi connectivity index (χ0) is 7.56. The zero-order valence-electron chi connectivity index (χ0n) is 6.32. The van der Waals surface area contributed by atoms with Gasteiger partial charge in [-0.1, -0.05) is 19.1 Å². The van der Waals surface area contributed by atoms with E-state index in [2.05, 4.69) is 0 Å². The summed E-state index contributed by atoms with van der Waals surface area (Å²) in [6, 6.07) is 5.20. The van der Waals surface area contributed by atoms with E-state index in [-0.39, 0.29) is 5.82 Å². The lowest BCUT2D eigenvalue weighted by atomic mass is 10.1. The Kier molecular flexibility index (Phi) is 2.05. The van der Waals surface area contributed by atoms with Gasteiger partial charge in [-0.05, 0) is 30.5 Å². The van der Waals surface area contributed by atoms with Crippen molar-refractivity contribution in [2.75, 3.05) is 0 Å². The third kappa shape index (κ3) is 1.18. The van der Waals surface area contributed by atoms with Crippen molar-refractivity contribution in [2.24, 2.45) is 0 Å². The van der Waals surface area contributed by atoms with Gasteiger partial charge in [0, 0.05) is 0 Å². The molecule has 0 amide bonds. The van der Waals surface area contributed by atoms with Gasteiger partial charge in [0.15, 0.2) is 0 Å². The van der Waals surface area contributed by atoms with Crippen molar-refractivity contribution in [3.8, 4) is 0 Å². The van der Waals surface area contributed by atoms with Crippen molar-refractivity contribution in [1.82, 2.24) is 0 Å². The fraction of sp³-hybridized carbons (Fsp3) is 0.333. The molecule has 0 N–H and O–H groups in total. The highest BCUT2D eigenvalue weighted by molar-refractivity contribution is 5.26. The number of benzene rings is 1. The van der Waals surface area contributed by atoms with Crippen LogP contribution in [0.3, 0.4) is 0 Å². The quantitative estimate of drug-likeness (QED) is 0.559. The minimum atomic E-state index is -0.0978. The van der Waals surface area contributed by atoms with Crippen LogP contribution in [-0.2, 0) is 6.42 Å². The Morgan fingerprint density at radius 3 is 2.60 bits per heavy atom. The van der Waals surface area contributed by atoms with Gasteiger partial charge in [-0.25, -0.2) is 4.39 Å². The highest BCUT2D eigenvalue weighted by Gasteiger charge is 1.98. The molecule has 10 heavy (non-hydrogen) atoms.